The van der Waals surface area contributed by atoms with Gasteiger partial charge in [0, 0.05) is 24.8 Å². The smallest absolute Gasteiger partial charge is 0.0435 e. The Bertz CT molecular complexity index is 303. The summed E-state index contributed by atoms with van der Waals surface area (Å²) in [6.45, 7) is 10.5. The molecule has 0 radical (unpaired) electrons. The topological polar surface area (TPSA) is 29.3 Å². The number of hydrogen-bond acceptors (Lipinski definition) is 2. The summed E-state index contributed by atoms with van der Waals surface area (Å²) < 4.78 is 0. The minimum Gasteiger partial charge on any atom is -0.367 e. The van der Waals surface area contributed by atoms with Gasteiger partial charge in [0.2, 0.25) is 0 Å². The highest BCUT2D eigenvalue weighted by molar-refractivity contribution is 5.48. The van der Waals surface area contributed by atoms with E-state index in [4.69, 9.17) is 5.73 Å². The monoisotopic (exact) mass is 220 g/mol. The van der Waals surface area contributed by atoms with E-state index in [0.29, 0.717) is 18.5 Å². The summed E-state index contributed by atoms with van der Waals surface area (Å²) in [5.74, 6) is 0.575. The third-order valence-corrected chi connectivity index (χ3v) is 3.12. The van der Waals surface area contributed by atoms with Gasteiger partial charge < -0.3 is 10.6 Å². The molecule has 0 aliphatic heterocycles. The molecule has 0 bridgehead atoms. The number of nitrogens with zero attached hydrogens (tertiary/aromatic N) is 1. The number of nitrogens with two attached hydrogens (primary N) is 1. The molecule has 90 valence electrons. The lowest BCUT2D eigenvalue weighted by Crippen LogP contribution is -2.44. The highest BCUT2D eigenvalue weighted by Crippen LogP contribution is 2.20. The molecule has 1 unspecified atom stereocenters. The second-order valence-corrected chi connectivity index (χ2v) is 4.67. The van der Waals surface area contributed by atoms with Crippen LogP contribution in [0.2, 0.25) is 0 Å². The minimum atomic E-state index is 0.424. The quantitative estimate of drug-likeness (QED) is 0.826. The SMILES string of the molecule is CCN(c1ccc(C)cc1)C(CN)C(C)C. The normalized spacial score (nSPS) is 12.9. The van der Waals surface area contributed by atoms with E-state index in [-0.39, 0.29) is 0 Å². The molecule has 1 aromatic carbocycles. The molecule has 0 aromatic heterocycles. The number of aryl methyl sites for hydroxylation is 1. The van der Waals surface area contributed by atoms with Gasteiger partial charge in [-0.15, -0.1) is 0 Å². The summed E-state index contributed by atoms with van der Waals surface area (Å²) >= 11 is 0. The van der Waals surface area contributed by atoms with E-state index in [1.54, 1.807) is 0 Å². The first-order valence-corrected chi connectivity index (χ1v) is 6.13. The van der Waals surface area contributed by atoms with Crippen molar-refractivity contribution >= 4 is 5.69 Å². The Hall–Kier alpha value is -1.02. The van der Waals surface area contributed by atoms with Crippen molar-refractivity contribution in [3.05, 3.63) is 29.8 Å². The first kappa shape index (κ1) is 13.0. The number of benzene rings is 1. The van der Waals surface area contributed by atoms with Crippen LogP contribution in [-0.4, -0.2) is 19.1 Å². The molecule has 1 rings (SSSR count). The molecule has 16 heavy (non-hydrogen) atoms. The average molecular weight is 220 g/mol. The largest absolute Gasteiger partial charge is 0.367 e. The Morgan fingerprint density at radius 1 is 1.19 bits per heavy atom. The molecule has 0 fully saturated rings. The van der Waals surface area contributed by atoms with Crippen LogP contribution >= 0.6 is 0 Å². The molecule has 0 aliphatic rings. The number of rotatable bonds is 5. The summed E-state index contributed by atoms with van der Waals surface area (Å²) in [4.78, 5) is 2.39. The van der Waals surface area contributed by atoms with Gasteiger partial charge in [0.05, 0.1) is 0 Å². The van der Waals surface area contributed by atoms with E-state index in [1.165, 1.54) is 11.3 Å². The zero-order valence-electron chi connectivity index (χ0n) is 10.9. The molecule has 0 amide bonds. The summed E-state index contributed by atoms with van der Waals surface area (Å²) in [7, 11) is 0. The van der Waals surface area contributed by atoms with Crippen molar-refractivity contribution in [2.75, 3.05) is 18.0 Å². The predicted molar refractivity (Wildman–Crippen MR) is 71.9 cm³/mol. The Morgan fingerprint density at radius 3 is 2.12 bits per heavy atom. The molecule has 0 heterocycles. The average Bonchev–Trinajstić information content (AvgIpc) is 2.26. The molecule has 2 heteroatoms. The van der Waals surface area contributed by atoms with Gasteiger partial charge in [-0.05, 0) is 31.9 Å². The van der Waals surface area contributed by atoms with Crippen molar-refractivity contribution in [3.8, 4) is 0 Å². The first-order valence-electron chi connectivity index (χ1n) is 6.13. The van der Waals surface area contributed by atoms with Crippen LogP contribution in [0.4, 0.5) is 5.69 Å². The second kappa shape index (κ2) is 5.90. The second-order valence-electron chi connectivity index (χ2n) is 4.67. The van der Waals surface area contributed by atoms with Crippen molar-refractivity contribution in [1.29, 1.82) is 0 Å². The predicted octanol–water partition coefficient (Wildman–Crippen LogP) is 2.80. The van der Waals surface area contributed by atoms with E-state index in [0.717, 1.165) is 6.54 Å². The molecule has 2 nitrogen and oxygen atoms in total. The fraction of sp³-hybridized carbons (Fsp3) is 0.571. The molecule has 0 spiro atoms. The number of likely N-dealkylation sites (N-methyl/N-ethyl adjacent to an activating group) is 1. The van der Waals surface area contributed by atoms with Crippen LogP contribution in [-0.2, 0) is 0 Å². The van der Waals surface area contributed by atoms with E-state index in [1.807, 2.05) is 0 Å². The summed E-state index contributed by atoms with van der Waals surface area (Å²) in [5, 5.41) is 0. The maximum absolute atomic E-state index is 5.88. The Kier molecular flexibility index (Phi) is 4.81. The summed E-state index contributed by atoms with van der Waals surface area (Å²) in [5.41, 5.74) is 8.45. The third kappa shape index (κ3) is 2.99. The molecular weight excluding hydrogens is 196 g/mol. The summed E-state index contributed by atoms with van der Waals surface area (Å²) in [6.07, 6.45) is 0. The van der Waals surface area contributed by atoms with E-state index >= 15 is 0 Å². The fourth-order valence-corrected chi connectivity index (χ4v) is 2.10. The Balaban J connectivity index is 2.92. The highest BCUT2D eigenvalue weighted by Gasteiger charge is 2.19. The van der Waals surface area contributed by atoms with Crippen LogP contribution in [0.5, 0.6) is 0 Å². The van der Waals surface area contributed by atoms with Crippen molar-refractivity contribution in [3.63, 3.8) is 0 Å². The van der Waals surface area contributed by atoms with Crippen LogP contribution in [0, 0.1) is 12.8 Å². The lowest BCUT2D eigenvalue weighted by molar-refractivity contribution is 0.465. The lowest BCUT2D eigenvalue weighted by atomic mass is 10.0. The van der Waals surface area contributed by atoms with E-state index < -0.39 is 0 Å². The zero-order chi connectivity index (χ0) is 12.1. The van der Waals surface area contributed by atoms with Gasteiger partial charge in [-0.1, -0.05) is 31.5 Å². The Morgan fingerprint density at radius 2 is 1.75 bits per heavy atom. The number of hydrogen-bond donors (Lipinski definition) is 1. The van der Waals surface area contributed by atoms with Crippen LogP contribution in [0.1, 0.15) is 26.3 Å². The highest BCUT2D eigenvalue weighted by atomic mass is 15.2. The van der Waals surface area contributed by atoms with Crippen LogP contribution < -0.4 is 10.6 Å². The summed E-state index contributed by atoms with van der Waals surface area (Å²) in [6, 6.07) is 9.11. The van der Waals surface area contributed by atoms with E-state index in [2.05, 4.69) is 56.9 Å². The van der Waals surface area contributed by atoms with Gasteiger partial charge >= 0.3 is 0 Å². The maximum Gasteiger partial charge on any atom is 0.0435 e. The molecule has 1 atom stereocenters. The number of anilines is 1. The van der Waals surface area contributed by atoms with Crippen molar-refractivity contribution in [2.24, 2.45) is 11.7 Å². The maximum atomic E-state index is 5.88. The standard InChI is InChI=1S/C14H24N2/c1-5-16(14(10-15)11(2)3)13-8-6-12(4)7-9-13/h6-9,11,14H,5,10,15H2,1-4H3. The molecule has 1 aromatic rings. The Labute approximate surface area is 99.5 Å². The molecular formula is C14H24N2. The third-order valence-electron chi connectivity index (χ3n) is 3.12. The van der Waals surface area contributed by atoms with Crippen LogP contribution in [0.15, 0.2) is 24.3 Å². The zero-order valence-corrected chi connectivity index (χ0v) is 10.9. The van der Waals surface area contributed by atoms with Gasteiger partial charge in [-0.2, -0.15) is 0 Å². The van der Waals surface area contributed by atoms with Gasteiger partial charge in [0.25, 0.3) is 0 Å². The van der Waals surface area contributed by atoms with Gasteiger partial charge in [-0.25, -0.2) is 0 Å². The van der Waals surface area contributed by atoms with Crippen molar-refractivity contribution < 1.29 is 0 Å². The lowest BCUT2D eigenvalue weighted by Gasteiger charge is -2.34. The minimum absolute atomic E-state index is 0.424. The fourth-order valence-electron chi connectivity index (χ4n) is 2.10. The molecule has 2 N–H and O–H groups in total. The first-order chi connectivity index (χ1) is 7.60. The van der Waals surface area contributed by atoms with Crippen molar-refractivity contribution in [1.82, 2.24) is 0 Å². The van der Waals surface area contributed by atoms with Crippen LogP contribution in [0.3, 0.4) is 0 Å². The molecule has 0 saturated heterocycles. The van der Waals surface area contributed by atoms with Crippen molar-refractivity contribution in [2.45, 2.75) is 33.7 Å². The van der Waals surface area contributed by atoms with Gasteiger partial charge in [-0.3, -0.25) is 0 Å². The molecule has 0 saturated carbocycles. The molecule has 0 aliphatic carbocycles. The van der Waals surface area contributed by atoms with Gasteiger partial charge in [0.15, 0.2) is 0 Å². The van der Waals surface area contributed by atoms with Crippen LogP contribution in [0.25, 0.3) is 0 Å². The van der Waals surface area contributed by atoms with E-state index in [9.17, 15) is 0 Å². The van der Waals surface area contributed by atoms with Gasteiger partial charge in [0.1, 0.15) is 0 Å².